The maximum absolute atomic E-state index is 3.18. The molecular formula is C5H9NS. The first-order valence-corrected chi connectivity index (χ1v) is 3.48. The molecule has 1 rings (SSSR count). The maximum Gasteiger partial charge on any atom is 0.0239 e. The van der Waals surface area contributed by atoms with Crippen LogP contribution in [0.2, 0.25) is 0 Å². The van der Waals surface area contributed by atoms with E-state index in [1.165, 1.54) is 12.2 Å². The van der Waals surface area contributed by atoms with Gasteiger partial charge in [-0.25, -0.2) is 0 Å². The molecule has 40 valence electrons. The lowest BCUT2D eigenvalue weighted by molar-refractivity contribution is 1.14. The zero-order valence-electron chi connectivity index (χ0n) is 4.18. The summed E-state index contributed by atoms with van der Waals surface area (Å²) in [5, 5.41) is 0. The summed E-state index contributed by atoms with van der Waals surface area (Å²) in [6, 6.07) is 0. The summed E-state index contributed by atoms with van der Waals surface area (Å²) in [7, 11) is 0. The molecule has 1 N–H and O–H groups in total. The van der Waals surface area contributed by atoms with Crippen molar-refractivity contribution in [2.75, 3.05) is 12.3 Å². The lowest BCUT2D eigenvalue weighted by Gasteiger charge is -1.90. The molecule has 0 saturated carbocycles. The minimum atomic E-state index is 1.03. The molecule has 7 heavy (non-hydrogen) atoms. The minimum Gasteiger partial charge on any atom is -0.260 e. The largest absolute Gasteiger partial charge is 0.260 e. The first-order valence-electron chi connectivity index (χ1n) is 2.50. The minimum absolute atomic E-state index is 1.03. The van der Waals surface area contributed by atoms with E-state index < -0.39 is 0 Å². The maximum atomic E-state index is 3.18. The molecule has 0 aromatic carbocycles. The molecule has 1 nitrogen and oxygen atoms in total. The second-order valence-electron chi connectivity index (χ2n) is 1.46. The highest BCUT2D eigenvalue weighted by atomic mass is 32.2. The second kappa shape index (κ2) is 3.10. The van der Waals surface area contributed by atoms with Gasteiger partial charge in [0, 0.05) is 12.3 Å². The van der Waals surface area contributed by atoms with E-state index in [-0.39, 0.29) is 0 Å². The van der Waals surface area contributed by atoms with E-state index in [9.17, 15) is 0 Å². The molecule has 0 atom stereocenters. The fraction of sp³-hybridized carbons (Fsp3) is 0.600. The van der Waals surface area contributed by atoms with E-state index in [0.717, 1.165) is 6.54 Å². The van der Waals surface area contributed by atoms with Gasteiger partial charge in [0.15, 0.2) is 0 Å². The fourth-order valence-electron chi connectivity index (χ4n) is 0.507. The van der Waals surface area contributed by atoms with E-state index >= 15 is 0 Å². The normalized spacial score (nSPS) is 21.7. The van der Waals surface area contributed by atoms with E-state index in [1.807, 2.05) is 0 Å². The van der Waals surface area contributed by atoms with Crippen molar-refractivity contribution >= 4 is 11.9 Å². The van der Waals surface area contributed by atoms with E-state index in [1.54, 1.807) is 11.9 Å². The van der Waals surface area contributed by atoms with Gasteiger partial charge in [0.25, 0.3) is 0 Å². The third-order valence-electron chi connectivity index (χ3n) is 0.856. The van der Waals surface area contributed by atoms with Gasteiger partial charge in [-0.05, 0) is 6.42 Å². The van der Waals surface area contributed by atoms with Crippen molar-refractivity contribution in [3.8, 4) is 0 Å². The Morgan fingerprint density at radius 2 is 2.43 bits per heavy atom. The Balaban J connectivity index is 2.20. The van der Waals surface area contributed by atoms with Crippen molar-refractivity contribution in [1.29, 1.82) is 0 Å². The molecule has 0 spiro atoms. The smallest absolute Gasteiger partial charge is 0.0239 e. The van der Waals surface area contributed by atoms with Crippen molar-refractivity contribution in [2.24, 2.45) is 0 Å². The SMILES string of the molecule is C1=CCNSCC1. The second-order valence-corrected chi connectivity index (χ2v) is 2.44. The van der Waals surface area contributed by atoms with Gasteiger partial charge in [-0.3, -0.25) is 4.72 Å². The molecular weight excluding hydrogens is 106 g/mol. The van der Waals surface area contributed by atoms with Crippen LogP contribution < -0.4 is 4.72 Å². The Hall–Kier alpha value is 0.0500. The molecule has 0 radical (unpaired) electrons. The van der Waals surface area contributed by atoms with Gasteiger partial charge >= 0.3 is 0 Å². The molecule has 0 fully saturated rings. The molecule has 0 amide bonds. The summed E-state index contributed by atoms with van der Waals surface area (Å²) < 4.78 is 3.18. The summed E-state index contributed by atoms with van der Waals surface area (Å²) in [5.41, 5.74) is 0. The Bertz CT molecular complexity index is 62.5. The average molecular weight is 115 g/mol. The average Bonchev–Trinajstić information content (AvgIpc) is 1.90. The van der Waals surface area contributed by atoms with Crippen molar-refractivity contribution in [2.45, 2.75) is 6.42 Å². The monoisotopic (exact) mass is 115 g/mol. The van der Waals surface area contributed by atoms with Crippen LogP contribution in [0.25, 0.3) is 0 Å². The van der Waals surface area contributed by atoms with Crippen LogP contribution in [-0.2, 0) is 0 Å². The Morgan fingerprint density at radius 3 is 3.43 bits per heavy atom. The number of hydrogen-bond donors (Lipinski definition) is 1. The molecule has 0 aromatic heterocycles. The molecule has 0 aliphatic carbocycles. The highest BCUT2D eigenvalue weighted by Crippen LogP contribution is 2.00. The van der Waals surface area contributed by atoms with Crippen LogP contribution in [0.3, 0.4) is 0 Å². The fourth-order valence-corrected chi connectivity index (χ4v) is 1.12. The summed E-state index contributed by atoms with van der Waals surface area (Å²) >= 11 is 1.80. The van der Waals surface area contributed by atoms with Crippen molar-refractivity contribution < 1.29 is 0 Å². The van der Waals surface area contributed by atoms with E-state index in [2.05, 4.69) is 16.9 Å². The Kier molecular flexibility index (Phi) is 2.30. The Labute approximate surface area is 48.3 Å². The van der Waals surface area contributed by atoms with Crippen LogP contribution in [0.1, 0.15) is 6.42 Å². The summed E-state index contributed by atoms with van der Waals surface area (Å²) in [5.74, 6) is 1.22. The van der Waals surface area contributed by atoms with Crippen LogP contribution >= 0.6 is 11.9 Å². The molecule has 2 heteroatoms. The molecule has 1 aliphatic heterocycles. The van der Waals surface area contributed by atoms with Gasteiger partial charge in [-0.2, -0.15) is 0 Å². The van der Waals surface area contributed by atoms with Crippen LogP contribution in [0.4, 0.5) is 0 Å². The lowest BCUT2D eigenvalue weighted by atomic mass is 10.4. The molecule has 0 saturated heterocycles. The number of hydrogen-bond acceptors (Lipinski definition) is 2. The van der Waals surface area contributed by atoms with Crippen LogP contribution in [0, 0.1) is 0 Å². The summed E-state index contributed by atoms with van der Waals surface area (Å²) in [4.78, 5) is 0. The van der Waals surface area contributed by atoms with E-state index in [0.29, 0.717) is 0 Å². The lowest BCUT2D eigenvalue weighted by Crippen LogP contribution is -1.99. The third kappa shape index (κ3) is 2.00. The summed E-state index contributed by atoms with van der Waals surface area (Å²) in [6.45, 7) is 1.03. The van der Waals surface area contributed by atoms with Gasteiger partial charge < -0.3 is 0 Å². The third-order valence-corrected chi connectivity index (χ3v) is 1.67. The zero-order valence-corrected chi connectivity index (χ0v) is 5.00. The van der Waals surface area contributed by atoms with Crippen molar-refractivity contribution in [3.63, 3.8) is 0 Å². The van der Waals surface area contributed by atoms with Gasteiger partial charge in [0.2, 0.25) is 0 Å². The van der Waals surface area contributed by atoms with Crippen molar-refractivity contribution in [1.82, 2.24) is 4.72 Å². The van der Waals surface area contributed by atoms with Crippen LogP contribution in [-0.4, -0.2) is 12.3 Å². The van der Waals surface area contributed by atoms with Crippen LogP contribution in [0.15, 0.2) is 12.2 Å². The number of nitrogens with one attached hydrogen (secondary N) is 1. The van der Waals surface area contributed by atoms with Gasteiger partial charge in [0.1, 0.15) is 0 Å². The highest BCUT2D eigenvalue weighted by molar-refractivity contribution is 7.97. The molecule has 0 bridgehead atoms. The molecule has 0 aromatic rings. The molecule has 1 heterocycles. The summed E-state index contributed by atoms with van der Waals surface area (Å²) in [6.07, 6.45) is 5.60. The first kappa shape index (κ1) is 5.19. The van der Waals surface area contributed by atoms with Gasteiger partial charge in [-0.15, -0.1) is 0 Å². The number of rotatable bonds is 0. The predicted octanol–water partition coefficient (Wildman–Crippen LogP) is 1.18. The molecule has 0 unspecified atom stereocenters. The topological polar surface area (TPSA) is 12.0 Å². The van der Waals surface area contributed by atoms with Gasteiger partial charge in [-0.1, -0.05) is 24.1 Å². The Morgan fingerprint density at radius 1 is 1.43 bits per heavy atom. The van der Waals surface area contributed by atoms with Gasteiger partial charge in [0.05, 0.1) is 0 Å². The number of allylic oxidation sites excluding steroid dienone is 1. The highest BCUT2D eigenvalue weighted by Gasteiger charge is 1.87. The van der Waals surface area contributed by atoms with E-state index in [4.69, 9.17) is 0 Å². The molecule has 1 aliphatic rings. The standard InChI is InChI=1S/C5H9NS/c1-2-4-6-7-5-3-1/h1-2,6H,3-5H2. The quantitative estimate of drug-likeness (QED) is 0.376. The predicted molar refractivity (Wildman–Crippen MR) is 34.2 cm³/mol. The zero-order chi connectivity index (χ0) is 4.95. The first-order chi connectivity index (χ1) is 3.50. The van der Waals surface area contributed by atoms with Crippen molar-refractivity contribution in [3.05, 3.63) is 12.2 Å². The van der Waals surface area contributed by atoms with Crippen LogP contribution in [0.5, 0.6) is 0 Å².